The Morgan fingerprint density at radius 3 is 2.63 bits per heavy atom. The second-order valence-corrected chi connectivity index (χ2v) is 6.05. The van der Waals surface area contributed by atoms with Gasteiger partial charge < -0.3 is 5.11 Å². The molecule has 1 nitrogen and oxygen atoms in total. The Morgan fingerprint density at radius 2 is 1.84 bits per heavy atom. The average Bonchev–Trinajstić information content (AvgIpc) is 2.40. The molecule has 2 atom stereocenters. The molecule has 0 amide bonds. The van der Waals surface area contributed by atoms with Gasteiger partial charge in [0.05, 0.1) is 6.10 Å². The van der Waals surface area contributed by atoms with Crippen LogP contribution in [0.2, 0.25) is 0 Å². The average molecular weight is 260 g/mol. The lowest BCUT2D eigenvalue weighted by atomic mass is 9.74. The van der Waals surface area contributed by atoms with Gasteiger partial charge in [0.1, 0.15) is 0 Å². The Morgan fingerprint density at radius 1 is 1.11 bits per heavy atom. The molecular formula is C18H28O. The lowest BCUT2D eigenvalue weighted by Crippen LogP contribution is -2.22. The van der Waals surface area contributed by atoms with Crippen molar-refractivity contribution in [1.29, 1.82) is 0 Å². The molecule has 2 rings (SSSR count). The van der Waals surface area contributed by atoms with Crippen molar-refractivity contribution in [2.75, 3.05) is 0 Å². The molecule has 2 unspecified atom stereocenters. The second-order valence-electron chi connectivity index (χ2n) is 6.05. The molecular weight excluding hydrogens is 232 g/mol. The molecule has 1 heteroatoms. The van der Waals surface area contributed by atoms with Crippen molar-refractivity contribution in [2.45, 2.75) is 76.7 Å². The van der Waals surface area contributed by atoms with Gasteiger partial charge in [0.15, 0.2) is 0 Å². The minimum Gasteiger partial charge on any atom is -0.393 e. The molecule has 19 heavy (non-hydrogen) atoms. The summed E-state index contributed by atoms with van der Waals surface area (Å²) in [6.45, 7) is 2.25. The fourth-order valence-corrected chi connectivity index (χ4v) is 3.18. The van der Waals surface area contributed by atoms with E-state index in [1.807, 2.05) is 0 Å². The minimum absolute atomic E-state index is 0.0930. The van der Waals surface area contributed by atoms with Crippen LogP contribution in [0.25, 0.3) is 0 Å². The van der Waals surface area contributed by atoms with E-state index in [1.54, 1.807) is 0 Å². The molecule has 0 saturated heterocycles. The summed E-state index contributed by atoms with van der Waals surface area (Å²) < 4.78 is 0. The number of benzene rings is 1. The Kier molecular flexibility index (Phi) is 5.91. The van der Waals surface area contributed by atoms with Crippen LogP contribution in [0.15, 0.2) is 24.3 Å². The zero-order valence-corrected chi connectivity index (χ0v) is 12.3. The zero-order valence-electron chi connectivity index (χ0n) is 12.3. The van der Waals surface area contributed by atoms with Crippen molar-refractivity contribution in [3.63, 3.8) is 0 Å². The van der Waals surface area contributed by atoms with Gasteiger partial charge in [-0.1, -0.05) is 69.7 Å². The standard InChI is InChI=1S/C18H28O/c1-2-3-4-5-6-7-11-17(19)14-16-13-15-10-8-9-12-18(15)16/h8-10,12,16-17,19H,2-7,11,13-14H2,1H3. The van der Waals surface area contributed by atoms with E-state index in [2.05, 4.69) is 31.2 Å². The SMILES string of the molecule is CCCCCCCCC(O)CC1Cc2ccccc21. The first-order valence-electron chi connectivity index (χ1n) is 8.07. The molecule has 1 N–H and O–H groups in total. The van der Waals surface area contributed by atoms with Crippen LogP contribution in [-0.2, 0) is 6.42 Å². The molecule has 1 aliphatic carbocycles. The van der Waals surface area contributed by atoms with Crippen molar-refractivity contribution in [2.24, 2.45) is 0 Å². The monoisotopic (exact) mass is 260 g/mol. The van der Waals surface area contributed by atoms with E-state index in [4.69, 9.17) is 0 Å². The van der Waals surface area contributed by atoms with Crippen LogP contribution in [0.4, 0.5) is 0 Å². The predicted molar refractivity (Wildman–Crippen MR) is 81.5 cm³/mol. The first-order valence-corrected chi connectivity index (χ1v) is 8.07. The third-order valence-electron chi connectivity index (χ3n) is 4.41. The number of fused-ring (bicyclic) bond motifs is 1. The summed E-state index contributed by atoms with van der Waals surface area (Å²) in [6, 6.07) is 8.67. The lowest BCUT2D eigenvalue weighted by molar-refractivity contribution is 0.138. The molecule has 1 aliphatic rings. The van der Waals surface area contributed by atoms with E-state index < -0.39 is 0 Å². The molecule has 0 aromatic heterocycles. The van der Waals surface area contributed by atoms with E-state index in [9.17, 15) is 5.11 Å². The summed E-state index contributed by atoms with van der Waals surface area (Å²) in [5.41, 5.74) is 2.96. The van der Waals surface area contributed by atoms with Gasteiger partial charge in [-0.3, -0.25) is 0 Å². The van der Waals surface area contributed by atoms with Crippen LogP contribution in [0.5, 0.6) is 0 Å². The number of rotatable bonds is 9. The van der Waals surface area contributed by atoms with Crippen molar-refractivity contribution in [1.82, 2.24) is 0 Å². The number of hydrogen-bond acceptors (Lipinski definition) is 1. The van der Waals surface area contributed by atoms with Crippen LogP contribution in [-0.4, -0.2) is 11.2 Å². The predicted octanol–water partition coefficient (Wildman–Crippen LogP) is 4.83. The first kappa shape index (κ1) is 14.6. The largest absolute Gasteiger partial charge is 0.393 e. The van der Waals surface area contributed by atoms with Crippen molar-refractivity contribution in [3.8, 4) is 0 Å². The smallest absolute Gasteiger partial charge is 0.0546 e. The van der Waals surface area contributed by atoms with Gasteiger partial charge in [-0.25, -0.2) is 0 Å². The van der Waals surface area contributed by atoms with Crippen molar-refractivity contribution >= 4 is 0 Å². The summed E-state index contributed by atoms with van der Waals surface area (Å²) in [5, 5.41) is 10.1. The highest BCUT2D eigenvalue weighted by atomic mass is 16.3. The molecule has 1 aromatic carbocycles. The van der Waals surface area contributed by atoms with Crippen LogP contribution >= 0.6 is 0 Å². The van der Waals surface area contributed by atoms with Crippen LogP contribution < -0.4 is 0 Å². The summed E-state index contributed by atoms with van der Waals surface area (Å²) >= 11 is 0. The normalized spacial score (nSPS) is 18.7. The molecule has 0 spiro atoms. The third kappa shape index (κ3) is 4.35. The summed E-state index contributed by atoms with van der Waals surface area (Å²) in [7, 11) is 0. The highest BCUT2D eigenvalue weighted by Crippen LogP contribution is 2.38. The molecule has 0 radical (unpaired) electrons. The fraction of sp³-hybridized carbons (Fsp3) is 0.667. The van der Waals surface area contributed by atoms with Crippen LogP contribution in [0.3, 0.4) is 0 Å². The molecule has 0 heterocycles. The van der Waals surface area contributed by atoms with E-state index in [0.717, 1.165) is 12.8 Å². The Labute approximate surface area is 118 Å². The van der Waals surface area contributed by atoms with E-state index >= 15 is 0 Å². The van der Waals surface area contributed by atoms with Gasteiger partial charge in [-0.05, 0) is 36.3 Å². The van der Waals surface area contributed by atoms with Crippen molar-refractivity contribution < 1.29 is 5.11 Å². The fourth-order valence-electron chi connectivity index (χ4n) is 3.18. The van der Waals surface area contributed by atoms with Gasteiger partial charge in [-0.2, -0.15) is 0 Å². The van der Waals surface area contributed by atoms with E-state index in [0.29, 0.717) is 5.92 Å². The van der Waals surface area contributed by atoms with E-state index in [-0.39, 0.29) is 6.10 Å². The lowest BCUT2D eigenvalue weighted by Gasteiger charge is -2.31. The maximum absolute atomic E-state index is 10.1. The molecule has 0 aliphatic heterocycles. The van der Waals surface area contributed by atoms with Gasteiger partial charge in [-0.15, -0.1) is 0 Å². The quantitative estimate of drug-likeness (QED) is 0.631. The summed E-state index contributed by atoms with van der Waals surface area (Å²) in [4.78, 5) is 0. The highest BCUT2D eigenvalue weighted by molar-refractivity contribution is 5.39. The molecule has 0 bridgehead atoms. The Balaban J connectivity index is 1.57. The summed E-state index contributed by atoms with van der Waals surface area (Å²) in [6.07, 6.45) is 10.9. The molecule has 106 valence electrons. The number of hydrogen-bond donors (Lipinski definition) is 1. The molecule has 1 aromatic rings. The first-order chi connectivity index (χ1) is 9.31. The summed E-state index contributed by atoms with van der Waals surface area (Å²) in [5.74, 6) is 0.617. The van der Waals surface area contributed by atoms with Crippen LogP contribution in [0.1, 0.15) is 75.3 Å². The maximum Gasteiger partial charge on any atom is 0.0546 e. The number of unbranched alkanes of at least 4 members (excludes halogenated alkanes) is 5. The van der Waals surface area contributed by atoms with Gasteiger partial charge in [0.2, 0.25) is 0 Å². The van der Waals surface area contributed by atoms with Gasteiger partial charge >= 0.3 is 0 Å². The topological polar surface area (TPSA) is 20.2 Å². The molecule has 0 fully saturated rings. The maximum atomic E-state index is 10.1. The van der Waals surface area contributed by atoms with Crippen molar-refractivity contribution in [3.05, 3.63) is 35.4 Å². The third-order valence-corrected chi connectivity index (χ3v) is 4.41. The van der Waals surface area contributed by atoms with Crippen LogP contribution in [0, 0.1) is 0 Å². The second kappa shape index (κ2) is 7.69. The highest BCUT2D eigenvalue weighted by Gasteiger charge is 2.27. The van der Waals surface area contributed by atoms with Gasteiger partial charge in [0.25, 0.3) is 0 Å². The Bertz CT molecular complexity index is 372. The van der Waals surface area contributed by atoms with Gasteiger partial charge in [0, 0.05) is 0 Å². The number of aliphatic hydroxyl groups excluding tert-OH is 1. The molecule has 0 saturated carbocycles. The zero-order chi connectivity index (χ0) is 13.5. The van der Waals surface area contributed by atoms with E-state index in [1.165, 1.54) is 56.1 Å². The Hall–Kier alpha value is -0.820. The number of aliphatic hydroxyl groups is 1. The minimum atomic E-state index is -0.0930.